The van der Waals surface area contributed by atoms with Gasteiger partial charge in [-0.1, -0.05) is 11.8 Å². The second-order valence-electron chi connectivity index (χ2n) is 11.7. The lowest BCUT2D eigenvalue weighted by molar-refractivity contribution is -0.153. The maximum Gasteiger partial charge on any atom is 0.406 e. The van der Waals surface area contributed by atoms with Crippen LogP contribution >= 0.6 is 19.5 Å². The first-order valence-electron chi connectivity index (χ1n) is 13.2. The van der Waals surface area contributed by atoms with Gasteiger partial charge in [-0.25, -0.2) is 14.6 Å². The summed E-state index contributed by atoms with van der Waals surface area (Å²) in [7, 11) is -4.29. The Bertz CT molecular complexity index is 1420. The number of aliphatic hydroxyl groups is 3. The normalized spacial score (nSPS) is 24.3. The molecule has 5 atom stereocenters. The molecule has 19 heteroatoms. The Morgan fingerprint density at radius 3 is 2.60 bits per heavy atom. The molecular formula is C24H39N6O11PS. The van der Waals surface area contributed by atoms with Gasteiger partial charge in [0, 0.05) is 5.75 Å². The Morgan fingerprint density at radius 1 is 1.30 bits per heavy atom. The number of nitrogens with two attached hydrogens (primary N) is 1. The highest BCUT2D eigenvalue weighted by atomic mass is 32.2. The zero-order valence-electron chi connectivity index (χ0n) is 24.7. The number of hydrogen-bond acceptors (Lipinski definition) is 15. The van der Waals surface area contributed by atoms with Gasteiger partial charge in [0.1, 0.15) is 30.0 Å². The molecule has 0 aliphatic carbocycles. The zero-order valence-corrected chi connectivity index (χ0v) is 26.4. The predicted molar refractivity (Wildman–Crippen MR) is 155 cm³/mol. The summed E-state index contributed by atoms with van der Waals surface area (Å²) >= 11 is 0.860. The van der Waals surface area contributed by atoms with Gasteiger partial charge in [0.25, 0.3) is 5.56 Å². The van der Waals surface area contributed by atoms with Crippen molar-refractivity contribution in [2.75, 3.05) is 37.9 Å². The number of nitrogens with zero attached hydrogens (tertiary/aromatic N) is 3. The quantitative estimate of drug-likeness (QED) is 0.0952. The topological polar surface area (TPSA) is 250 Å². The van der Waals surface area contributed by atoms with E-state index in [2.05, 4.69) is 20.0 Å². The van der Waals surface area contributed by atoms with Crippen LogP contribution in [-0.4, -0.2) is 101 Å². The van der Waals surface area contributed by atoms with Crippen LogP contribution in [0.1, 0.15) is 47.8 Å². The molecule has 0 saturated carbocycles. The number of carbonyl (C=O) groups excluding carboxylic acids is 2. The molecule has 2 aromatic heterocycles. The second kappa shape index (κ2) is 13.3. The molecule has 0 aromatic carbocycles. The van der Waals surface area contributed by atoms with E-state index < -0.39 is 67.5 Å². The summed E-state index contributed by atoms with van der Waals surface area (Å²) in [6.07, 6.45) is -3.00. The number of aliphatic hydroxyl groups excluding tert-OH is 2. The number of aromatic amines is 1. The zero-order chi connectivity index (χ0) is 32.4. The first-order valence-corrected chi connectivity index (χ1v) is 15.7. The minimum absolute atomic E-state index is 0.00949. The number of aromatic nitrogens is 4. The molecule has 0 radical (unpaired) electrons. The van der Waals surface area contributed by atoms with Gasteiger partial charge < -0.3 is 30.5 Å². The lowest BCUT2D eigenvalue weighted by Gasteiger charge is -2.27. The number of carbonyl (C=O) groups is 2. The molecule has 17 nitrogen and oxygen atoms in total. The Hall–Kier alpha value is -2.41. The molecular weight excluding hydrogens is 611 g/mol. The molecule has 1 saturated heterocycles. The highest BCUT2D eigenvalue weighted by molar-refractivity contribution is 8.13. The van der Waals surface area contributed by atoms with E-state index in [1.807, 2.05) is 0 Å². The number of fused-ring (bicyclic) bond motifs is 1. The summed E-state index contributed by atoms with van der Waals surface area (Å²) in [6, 6.07) is 0. The Balaban J connectivity index is 1.73. The third kappa shape index (κ3) is 8.61. The van der Waals surface area contributed by atoms with Crippen molar-refractivity contribution < 1.29 is 48.0 Å². The summed E-state index contributed by atoms with van der Waals surface area (Å²) < 4.78 is 36.8. The molecule has 1 aliphatic heterocycles. The van der Waals surface area contributed by atoms with Crippen molar-refractivity contribution in [1.82, 2.24) is 24.6 Å². The Kier molecular flexibility index (Phi) is 10.8. The average Bonchev–Trinajstić information content (AvgIpc) is 3.41. The third-order valence-corrected chi connectivity index (χ3v) is 8.97. The summed E-state index contributed by atoms with van der Waals surface area (Å²) in [5, 5.41) is 33.5. The Labute approximate surface area is 251 Å². The molecule has 3 heterocycles. The van der Waals surface area contributed by atoms with Crippen molar-refractivity contribution in [3.05, 3.63) is 16.7 Å². The summed E-state index contributed by atoms with van der Waals surface area (Å²) in [5.74, 6) is -0.902. The molecule has 1 aliphatic rings. The van der Waals surface area contributed by atoms with Crippen LogP contribution in [-0.2, 0) is 32.7 Å². The van der Waals surface area contributed by atoms with Crippen LogP contribution in [0.2, 0.25) is 0 Å². The Morgan fingerprint density at radius 2 is 1.98 bits per heavy atom. The van der Waals surface area contributed by atoms with Gasteiger partial charge in [-0.05, 0) is 41.5 Å². The molecule has 3 rings (SSSR count). The minimum Gasteiger partial charge on any atom is -0.459 e. The summed E-state index contributed by atoms with van der Waals surface area (Å²) in [5.41, 5.74) is 1.18. The van der Waals surface area contributed by atoms with Crippen LogP contribution in [0.4, 0.5) is 5.95 Å². The van der Waals surface area contributed by atoms with Gasteiger partial charge in [0.05, 0.1) is 31.6 Å². The van der Waals surface area contributed by atoms with Crippen molar-refractivity contribution in [2.45, 2.75) is 71.2 Å². The fourth-order valence-electron chi connectivity index (χ4n) is 3.88. The molecule has 2 aromatic rings. The van der Waals surface area contributed by atoms with E-state index >= 15 is 0 Å². The standard InChI is InChI=1S/C24H39N6O11PS/c1-22(2,3)41-14(32)9-27-42(37,38-7-8-43-20(35)23(4,5)11-31)39-10-13-16(33)24(6,36)19(40-13)30-12-26-15-17(30)28-21(25)29-18(15)34/h12-13,16,19,31,33,36H,7-11H2,1-6H3,(H,27,37)(H3,25,28,29,34)/t13-,16-,19-,24-,42?/m1/s1. The predicted octanol–water partition coefficient (Wildman–Crippen LogP) is 0.0620. The molecule has 0 bridgehead atoms. The highest BCUT2D eigenvalue weighted by Crippen LogP contribution is 2.46. The van der Waals surface area contributed by atoms with Crippen molar-refractivity contribution in [3.63, 3.8) is 0 Å². The van der Waals surface area contributed by atoms with E-state index in [1.165, 1.54) is 17.8 Å². The van der Waals surface area contributed by atoms with Gasteiger partial charge in [0.15, 0.2) is 22.5 Å². The smallest absolute Gasteiger partial charge is 0.406 e. The maximum absolute atomic E-state index is 13.6. The number of esters is 1. The van der Waals surface area contributed by atoms with Gasteiger partial charge in [-0.3, -0.25) is 33.0 Å². The first kappa shape index (κ1) is 35.1. The molecule has 242 valence electrons. The van der Waals surface area contributed by atoms with E-state index in [1.54, 1.807) is 34.6 Å². The molecule has 43 heavy (non-hydrogen) atoms. The fourth-order valence-corrected chi connectivity index (χ4v) is 6.07. The van der Waals surface area contributed by atoms with Crippen molar-refractivity contribution in [3.8, 4) is 0 Å². The minimum atomic E-state index is -4.29. The number of imidazole rings is 1. The van der Waals surface area contributed by atoms with Crippen LogP contribution in [0, 0.1) is 5.41 Å². The van der Waals surface area contributed by atoms with Gasteiger partial charge >= 0.3 is 13.7 Å². The van der Waals surface area contributed by atoms with Crippen molar-refractivity contribution in [2.24, 2.45) is 5.41 Å². The average molecular weight is 651 g/mol. The number of nitrogens with one attached hydrogen (secondary N) is 2. The van der Waals surface area contributed by atoms with E-state index in [0.29, 0.717) is 0 Å². The van der Waals surface area contributed by atoms with Gasteiger partial charge in [0.2, 0.25) is 5.95 Å². The maximum atomic E-state index is 13.6. The molecule has 0 amide bonds. The summed E-state index contributed by atoms with van der Waals surface area (Å²) in [6.45, 7) is 7.64. The highest BCUT2D eigenvalue weighted by Gasteiger charge is 2.54. The van der Waals surface area contributed by atoms with E-state index in [0.717, 1.165) is 11.8 Å². The van der Waals surface area contributed by atoms with E-state index in [-0.39, 0.29) is 41.2 Å². The summed E-state index contributed by atoms with van der Waals surface area (Å²) in [4.78, 5) is 47.1. The number of nitrogen functional groups attached to an aromatic ring is 1. The fraction of sp³-hybridized carbons (Fsp3) is 0.708. The number of hydrogen-bond donors (Lipinski definition) is 6. The van der Waals surface area contributed by atoms with Crippen LogP contribution in [0.15, 0.2) is 11.1 Å². The van der Waals surface area contributed by atoms with Crippen LogP contribution in [0.3, 0.4) is 0 Å². The number of thioether (sulfide) groups is 1. The van der Waals surface area contributed by atoms with Crippen molar-refractivity contribution in [1.29, 1.82) is 0 Å². The van der Waals surface area contributed by atoms with Gasteiger partial charge in [-0.2, -0.15) is 4.98 Å². The number of ether oxygens (including phenoxy) is 2. The van der Waals surface area contributed by atoms with Crippen LogP contribution in [0.5, 0.6) is 0 Å². The lowest BCUT2D eigenvalue weighted by atomic mass is 9.96. The molecule has 0 spiro atoms. The van der Waals surface area contributed by atoms with Crippen LogP contribution < -0.4 is 16.4 Å². The molecule has 1 fully saturated rings. The van der Waals surface area contributed by atoms with Gasteiger partial charge in [-0.15, -0.1) is 0 Å². The first-order chi connectivity index (χ1) is 19.8. The third-order valence-electron chi connectivity index (χ3n) is 6.23. The second-order valence-corrected chi connectivity index (χ2v) is 14.6. The lowest BCUT2D eigenvalue weighted by Crippen LogP contribution is -2.44. The number of H-pyrrole nitrogens is 1. The van der Waals surface area contributed by atoms with E-state index in [4.69, 9.17) is 24.3 Å². The SMILES string of the molecule is CC(C)(C)OC(=O)CNP(=O)(OCCSC(=O)C(C)(C)CO)OC[C@H]1O[C@@H](n2cnc3c(=O)[nH]c(N)nc32)[C@](C)(O)[C@@H]1O. The largest absolute Gasteiger partial charge is 0.459 e. The van der Waals surface area contributed by atoms with Crippen molar-refractivity contribution >= 4 is 47.7 Å². The van der Waals surface area contributed by atoms with Crippen LogP contribution in [0.25, 0.3) is 11.2 Å². The number of anilines is 1. The monoisotopic (exact) mass is 650 g/mol. The van der Waals surface area contributed by atoms with E-state index in [9.17, 15) is 34.3 Å². The molecule has 7 N–H and O–H groups in total. The number of rotatable bonds is 13. The molecule has 1 unspecified atom stereocenters.